The summed E-state index contributed by atoms with van der Waals surface area (Å²) in [5.41, 5.74) is 4.97. The molecule has 4 aromatic rings. The lowest BCUT2D eigenvalue weighted by molar-refractivity contribution is 1.13. The van der Waals surface area contributed by atoms with Crippen molar-refractivity contribution >= 4 is 10.9 Å². The molecule has 4 rings (SSSR count). The largest absolute Gasteiger partial charge is 0.317 e. The van der Waals surface area contributed by atoms with Crippen molar-refractivity contribution in [1.29, 1.82) is 0 Å². The summed E-state index contributed by atoms with van der Waals surface area (Å²) >= 11 is 0. The Bertz CT molecular complexity index is 874. The summed E-state index contributed by atoms with van der Waals surface area (Å²) < 4.78 is 2.24. The second-order valence-electron chi connectivity index (χ2n) is 5.13. The molecule has 0 spiro atoms. The number of hydrogen-bond donors (Lipinski definition) is 0. The van der Waals surface area contributed by atoms with E-state index in [-0.39, 0.29) is 0 Å². The molecule has 0 amide bonds. The average molecular weight is 269 g/mol. The van der Waals surface area contributed by atoms with E-state index in [1.807, 2.05) is 6.07 Å². The zero-order valence-electron chi connectivity index (χ0n) is 11.6. The third-order valence-corrected chi connectivity index (χ3v) is 3.85. The summed E-state index contributed by atoms with van der Waals surface area (Å²) in [6, 6.07) is 29.7. The molecule has 3 aromatic carbocycles. The summed E-state index contributed by atoms with van der Waals surface area (Å²) in [5.74, 6) is 0. The zero-order chi connectivity index (χ0) is 14.1. The Morgan fingerprint density at radius 2 is 1.29 bits per heavy atom. The molecule has 21 heavy (non-hydrogen) atoms. The third kappa shape index (κ3) is 2.03. The molecule has 0 aliphatic carbocycles. The maximum atomic E-state index is 2.24. The van der Waals surface area contributed by atoms with E-state index in [1.54, 1.807) is 0 Å². The number of rotatable bonds is 2. The van der Waals surface area contributed by atoms with Gasteiger partial charge in [0.05, 0.1) is 5.52 Å². The first-order valence-electron chi connectivity index (χ1n) is 7.14. The first kappa shape index (κ1) is 12.0. The standard InChI is InChI=1S/C20H15N/c1-3-8-16(9-4-1)18-12-7-13-20-19(18)14-15-21(20)17-10-5-2-6-11-17/h1-15H. The van der Waals surface area contributed by atoms with Crippen molar-refractivity contribution in [3.05, 3.63) is 91.1 Å². The number of para-hydroxylation sites is 1. The van der Waals surface area contributed by atoms with Crippen LogP contribution in [-0.2, 0) is 0 Å². The van der Waals surface area contributed by atoms with E-state index in [2.05, 4.69) is 89.6 Å². The Balaban J connectivity index is 1.96. The van der Waals surface area contributed by atoms with Crippen LogP contribution >= 0.6 is 0 Å². The lowest BCUT2D eigenvalue weighted by atomic mass is 10.0. The first-order chi connectivity index (χ1) is 10.4. The van der Waals surface area contributed by atoms with Gasteiger partial charge in [-0.15, -0.1) is 0 Å². The van der Waals surface area contributed by atoms with E-state index >= 15 is 0 Å². The van der Waals surface area contributed by atoms with Crippen LogP contribution in [0.3, 0.4) is 0 Å². The second kappa shape index (κ2) is 4.95. The van der Waals surface area contributed by atoms with E-state index in [1.165, 1.54) is 27.7 Å². The van der Waals surface area contributed by atoms with Gasteiger partial charge in [-0.3, -0.25) is 0 Å². The quantitative estimate of drug-likeness (QED) is 0.465. The van der Waals surface area contributed by atoms with Gasteiger partial charge in [-0.2, -0.15) is 0 Å². The topological polar surface area (TPSA) is 4.93 Å². The van der Waals surface area contributed by atoms with Crippen molar-refractivity contribution in [2.45, 2.75) is 0 Å². The van der Waals surface area contributed by atoms with Gasteiger partial charge in [0.15, 0.2) is 0 Å². The highest BCUT2D eigenvalue weighted by atomic mass is 15.0. The number of benzene rings is 3. The molecule has 1 heteroatoms. The summed E-state index contributed by atoms with van der Waals surface area (Å²) in [7, 11) is 0. The minimum absolute atomic E-state index is 1.19. The molecule has 1 heterocycles. The van der Waals surface area contributed by atoms with Crippen LogP contribution in [0.1, 0.15) is 0 Å². The smallest absolute Gasteiger partial charge is 0.0534 e. The van der Waals surface area contributed by atoms with Crippen LogP contribution < -0.4 is 0 Å². The van der Waals surface area contributed by atoms with Gasteiger partial charge in [-0.1, -0.05) is 60.7 Å². The minimum atomic E-state index is 1.19. The first-order valence-corrected chi connectivity index (χ1v) is 7.14. The summed E-state index contributed by atoms with van der Waals surface area (Å²) in [6.45, 7) is 0. The van der Waals surface area contributed by atoms with E-state index < -0.39 is 0 Å². The molecule has 0 fully saturated rings. The highest BCUT2D eigenvalue weighted by Crippen LogP contribution is 2.30. The van der Waals surface area contributed by atoms with Gasteiger partial charge in [0.25, 0.3) is 0 Å². The number of aromatic nitrogens is 1. The lowest BCUT2D eigenvalue weighted by Crippen LogP contribution is -1.90. The van der Waals surface area contributed by atoms with Crippen LogP contribution in [0.4, 0.5) is 0 Å². The normalized spacial score (nSPS) is 10.9. The maximum absolute atomic E-state index is 2.24. The average Bonchev–Trinajstić information content (AvgIpc) is 3.00. The molecule has 1 nitrogen and oxygen atoms in total. The molecular formula is C20H15N. The second-order valence-corrected chi connectivity index (χ2v) is 5.13. The Kier molecular flexibility index (Phi) is 2.82. The molecule has 0 aliphatic heterocycles. The fraction of sp³-hybridized carbons (Fsp3) is 0. The SMILES string of the molecule is c1ccc(-c2cccc3c2ccn3-c2ccccc2)cc1. The summed E-state index contributed by atoms with van der Waals surface area (Å²) in [4.78, 5) is 0. The predicted octanol–water partition coefficient (Wildman–Crippen LogP) is 5.30. The van der Waals surface area contributed by atoms with Gasteiger partial charge in [0.2, 0.25) is 0 Å². The Labute approximate surface area is 124 Å². The minimum Gasteiger partial charge on any atom is -0.317 e. The number of nitrogens with zero attached hydrogens (tertiary/aromatic N) is 1. The van der Waals surface area contributed by atoms with Crippen LogP contribution in [0.2, 0.25) is 0 Å². The van der Waals surface area contributed by atoms with Crippen molar-refractivity contribution in [2.24, 2.45) is 0 Å². The molecule has 0 unspecified atom stereocenters. The van der Waals surface area contributed by atoms with Crippen LogP contribution in [0.15, 0.2) is 91.1 Å². The van der Waals surface area contributed by atoms with Crippen LogP contribution in [0.25, 0.3) is 27.7 Å². The Morgan fingerprint density at radius 1 is 0.571 bits per heavy atom. The van der Waals surface area contributed by atoms with Gasteiger partial charge in [0.1, 0.15) is 0 Å². The van der Waals surface area contributed by atoms with Crippen LogP contribution in [0.5, 0.6) is 0 Å². The van der Waals surface area contributed by atoms with Crippen LogP contribution in [0, 0.1) is 0 Å². The monoisotopic (exact) mass is 269 g/mol. The molecule has 0 radical (unpaired) electrons. The maximum Gasteiger partial charge on any atom is 0.0534 e. The molecule has 0 atom stereocenters. The van der Waals surface area contributed by atoms with Gasteiger partial charge in [-0.05, 0) is 35.4 Å². The van der Waals surface area contributed by atoms with Gasteiger partial charge in [0, 0.05) is 17.3 Å². The molecule has 1 aromatic heterocycles. The van der Waals surface area contributed by atoms with Crippen molar-refractivity contribution in [2.75, 3.05) is 0 Å². The molecule has 0 N–H and O–H groups in total. The van der Waals surface area contributed by atoms with Gasteiger partial charge >= 0.3 is 0 Å². The van der Waals surface area contributed by atoms with Crippen LogP contribution in [-0.4, -0.2) is 4.57 Å². The van der Waals surface area contributed by atoms with Crippen molar-refractivity contribution in [3.8, 4) is 16.8 Å². The molecule has 0 bridgehead atoms. The lowest BCUT2D eigenvalue weighted by Gasteiger charge is -2.07. The highest BCUT2D eigenvalue weighted by Gasteiger charge is 2.07. The van der Waals surface area contributed by atoms with E-state index in [0.717, 1.165) is 0 Å². The van der Waals surface area contributed by atoms with E-state index in [9.17, 15) is 0 Å². The molecule has 0 saturated heterocycles. The van der Waals surface area contributed by atoms with Gasteiger partial charge in [-0.25, -0.2) is 0 Å². The molecule has 0 aliphatic rings. The van der Waals surface area contributed by atoms with Crippen molar-refractivity contribution in [3.63, 3.8) is 0 Å². The van der Waals surface area contributed by atoms with Crippen molar-refractivity contribution < 1.29 is 0 Å². The summed E-state index contributed by atoms with van der Waals surface area (Å²) in [6.07, 6.45) is 2.15. The Hall–Kier alpha value is -2.80. The number of fused-ring (bicyclic) bond motifs is 1. The Morgan fingerprint density at radius 3 is 2.05 bits per heavy atom. The zero-order valence-corrected chi connectivity index (χ0v) is 11.6. The molecular weight excluding hydrogens is 254 g/mol. The van der Waals surface area contributed by atoms with E-state index in [4.69, 9.17) is 0 Å². The fourth-order valence-electron chi connectivity index (χ4n) is 2.85. The predicted molar refractivity (Wildman–Crippen MR) is 88.7 cm³/mol. The van der Waals surface area contributed by atoms with Gasteiger partial charge < -0.3 is 4.57 Å². The van der Waals surface area contributed by atoms with Crippen molar-refractivity contribution in [1.82, 2.24) is 4.57 Å². The number of hydrogen-bond acceptors (Lipinski definition) is 0. The summed E-state index contributed by atoms with van der Waals surface area (Å²) in [5, 5.41) is 1.28. The molecule has 100 valence electrons. The van der Waals surface area contributed by atoms with E-state index in [0.29, 0.717) is 0 Å². The highest BCUT2D eigenvalue weighted by molar-refractivity contribution is 5.96. The third-order valence-electron chi connectivity index (χ3n) is 3.85. The fourth-order valence-corrected chi connectivity index (χ4v) is 2.85. The molecule has 0 saturated carbocycles.